The second-order valence-electron chi connectivity index (χ2n) is 5.99. The normalized spacial score (nSPS) is 10.5. The smallest absolute Gasteiger partial charge is 0.319 e. The number of nitrogens with zero attached hydrogens (tertiary/aromatic N) is 1. The molecule has 5 nitrogen and oxygen atoms in total. The number of nitrogens with one attached hydrogen (secondary N) is 2. The second kappa shape index (κ2) is 8.64. The number of hydrogen-bond donors (Lipinski definition) is 2. The van der Waals surface area contributed by atoms with E-state index in [4.69, 9.17) is 4.74 Å². The van der Waals surface area contributed by atoms with Crippen LogP contribution in [-0.2, 0) is 6.42 Å². The molecule has 0 spiro atoms. The Labute approximate surface area is 161 Å². The molecule has 1 aromatic heterocycles. The second-order valence-corrected chi connectivity index (χ2v) is 6.85. The Kier molecular flexibility index (Phi) is 6.03. The maximum Gasteiger partial charge on any atom is 0.319 e. The highest BCUT2D eigenvalue weighted by Gasteiger charge is 2.08. The molecular formula is C20H20FN3O2S. The van der Waals surface area contributed by atoms with Gasteiger partial charge < -0.3 is 15.4 Å². The number of hydrogen-bond acceptors (Lipinski definition) is 4. The molecule has 2 N–H and O–H groups in total. The van der Waals surface area contributed by atoms with Crippen LogP contribution in [0.3, 0.4) is 0 Å². The van der Waals surface area contributed by atoms with E-state index in [-0.39, 0.29) is 5.75 Å². The number of methoxy groups -OCH3 is 1. The summed E-state index contributed by atoms with van der Waals surface area (Å²) in [5, 5.41) is 8.29. The number of halogens is 1. The maximum absolute atomic E-state index is 13.6. The molecule has 3 rings (SSSR count). The van der Waals surface area contributed by atoms with E-state index in [9.17, 15) is 9.18 Å². The van der Waals surface area contributed by atoms with Gasteiger partial charge in [-0.3, -0.25) is 0 Å². The quantitative estimate of drug-likeness (QED) is 0.650. The monoisotopic (exact) mass is 385 g/mol. The molecule has 0 aliphatic heterocycles. The summed E-state index contributed by atoms with van der Waals surface area (Å²) < 4.78 is 18.5. The first-order chi connectivity index (χ1) is 13.0. The molecule has 0 bridgehead atoms. The molecule has 0 saturated carbocycles. The van der Waals surface area contributed by atoms with E-state index in [2.05, 4.69) is 39.9 Å². The number of thiazole rings is 1. The topological polar surface area (TPSA) is 63.2 Å². The summed E-state index contributed by atoms with van der Waals surface area (Å²) in [5.41, 5.74) is 3.58. The largest absolute Gasteiger partial charge is 0.494 e. The van der Waals surface area contributed by atoms with E-state index >= 15 is 0 Å². The Morgan fingerprint density at radius 2 is 2.00 bits per heavy atom. The van der Waals surface area contributed by atoms with Gasteiger partial charge in [0.2, 0.25) is 0 Å². The van der Waals surface area contributed by atoms with Crippen LogP contribution in [0, 0.1) is 12.7 Å². The van der Waals surface area contributed by atoms with Gasteiger partial charge in [-0.2, -0.15) is 0 Å². The molecule has 0 saturated heterocycles. The SMILES string of the molecule is COc1ccc(NC(=O)NCCc2csc(-c3ccc(C)cc3)n2)cc1F. The first-order valence-electron chi connectivity index (χ1n) is 8.45. The lowest BCUT2D eigenvalue weighted by atomic mass is 10.2. The van der Waals surface area contributed by atoms with E-state index < -0.39 is 11.8 Å². The average Bonchev–Trinajstić information content (AvgIpc) is 3.11. The van der Waals surface area contributed by atoms with Crippen LogP contribution < -0.4 is 15.4 Å². The Bertz CT molecular complexity index is 925. The van der Waals surface area contributed by atoms with Gasteiger partial charge in [0, 0.05) is 35.7 Å². The first-order valence-corrected chi connectivity index (χ1v) is 9.33. The molecule has 0 atom stereocenters. The van der Waals surface area contributed by atoms with E-state index in [1.165, 1.54) is 24.8 Å². The molecule has 0 unspecified atom stereocenters. The number of rotatable bonds is 6. The average molecular weight is 385 g/mol. The predicted molar refractivity (Wildman–Crippen MR) is 106 cm³/mol. The van der Waals surface area contributed by atoms with Crippen LogP contribution in [0.25, 0.3) is 10.6 Å². The zero-order valence-corrected chi connectivity index (χ0v) is 15.9. The predicted octanol–water partition coefficient (Wildman–Crippen LogP) is 4.63. The molecule has 2 amide bonds. The summed E-state index contributed by atoms with van der Waals surface area (Å²) in [5.74, 6) is -0.393. The highest BCUT2D eigenvalue weighted by Crippen LogP contribution is 2.24. The van der Waals surface area contributed by atoms with Crippen LogP contribution in [0.2, 0.25) is 0 Å². The molecule has 1 heterocycles. The van der Waals surface area contributed by atoms with Crippen molar-refractivity contribution in [1.82, 2.24) is 10.3 Å². The fourth-order valence-corrected chi connectivity index (χ4v) is 3.33. The highest BCUT2D eigenvalue weighted by molar-refractivity contribution is 7.13. The van der Waals surface area contributed by atoms with Gasteiger partial charge in [0.05, 0.1) is 12.8 Å². The van der Waals surface area contributed by atoms with Crippen LogP contribution in [0.15, 0.2) is 47.8 Å². The number of anilines is 1. The van der Waals surface area contributed by atoms with Crippen molar-refractivity contribution in [2.75, 3.05) is 19.0 Å². The standard InChI is InChI=1S/C20H20FN3O2S/c1-13-3-5-14(6-4-13)19-23-16(12-27-19)9-10-22-20(25)24-15-7-8-18(26-2)17(21)11-15/h3-8,11-12H,9-10H2,1-2H3,(H2,22,24,25). The molecule has 0 radical (unpaired) electrons. The van der Waals surface area contributed by atoms with Crippen molar-refractivity contribution in [2.24, 2.45) is 0 Å². The van der Waals surface area contributed by atoms with E-state index in [1.54, 1.807) is 17.4 Å². The van der Waals surface area contributed by atoms with Gasteiger partial charge in [0.1, 0.15) is 5.01 Å². The van der Waals surface area contributed by atoms with Crippen molar-refractivity contribution >= 4 is 23.1 Å². The third kappa shape index (κ3) is 5.04. The van der Waals surface area contributed by atoms with E-state index in [0.29, 0.717) is 18.7 Å². The summed E-state index contributed by atoms with van der Waals surface area (Å²) in [7, 11) is 1.39. The fourth-order valence-electron chi connectivity index (χ4n) is 2.47. The van der Waals surface area contributed by atoms with Crippen LogP contribution in [0.4, 0.5) is 14.9 Å². The van der Waals surface area contributed by atoms with Crippen molar-refractivity contribution in [1.29, 1.82) is 0 Å². The van der Waals surface area contributed by atoms with Crippen molar-refractivity contribution in [3.8, 4) is 16.3 Å². The number of ether oxygens (including phenoxy) is 1. The summed E-state index contributed by atoms with van der Waals surface area (Å²) in [6.07, 6.45) is 0.618. The zero-order chi connectivity index (χ0) is 19.2. The number of urea groups is 1. The molecule has 7 heteroatoms. The summed E-state index contributed by atoms with van der Waals surface area (Å²) in [6, 6.07) is 12.1. The Balaban J connectivity index is 1.49. The Morgan fingerprint density at radius 3 is 2.70 bits per heavy atom. The number of benzene rings is 2. The van der Waals surface area contributed by atoms with E-state index in [1.807, 2.05) is 12.3 Å². The lowest BCUT2D eigenvalue weighted by Gasteiger charge is -2.08. The number of amides is 2. The van der Waals surface area contributed by atoms with Crippen molar-refractivity contribution < 1.29 is 13.9 Å². The third-order valence-corrected chi connectivity index (χ3v) is 4.87. The van der Waals surface area contributed by atoms with Gasteiger partial charge in [-0.15, -0.1) is 11.3 Å². The minimum atomic E-state index is -0.526. The van der Waals surface area contributed by atoms with Crippen LogP contribution in [0.5, 0.6) is 5.75 Å². The van der Waals surface area contributed by atoms with Gasteiger partial charge in [0.15, 0.2) is 11.6 Å². The Hall–Kier alpha value is -2.93. The van der Waals surface area contributed by atoms with Gasteiger partial charge in [-0.05, 0) is 19.1 Å². The van der Waals surface area contributed by atoms with Gasteiger partial charge in [0.25, 0.3) is 0 Å². The molecule has 3 aromatic rings. The molecule has 0 aliphatic carbocycles. The highest BCUT2D eigenvalue weighted by atomic mass is 32.1. The summed E-state index contributed by atoms with van der Waals surface area (Å²) >= 11 is 1.58. The van der Waals surface area contributed by atoms with Crippen LogP contribution >= 0.6 is 11.3 Å². The lowest BCUT2D eigenvalue weighted by molar-refractivity contribution is 0.252. The number of carbonyl (C=O) groups is 1. The summed E-state index contributed by atoms with van der Waals surface area (Å²) in [6.45, 7) is 2.48. The molecular weight excluding hydrogens is 365 g/mol. The fraction of sp³-hybridized carbons (Fsp3) is 0.200. The molecule has 140 valence electrons. The molecule has 2 aromatic carbocycles. The molecule has 27 heavy (non-hydrogen) atoms. The molecule has 0 aliphatic rings. The third-order valence-electron chi connectivity index (χ3n) is 3.93. The number of aromatic nitrogens is 1. The minimum Gasteiger partial charge on any atom is -0.494 e. The first kappa shape index (κ1) is 18.8. The van der Waals surface area contributed by atoms with E-state index in [0.717, 1.165) is 16.3 Å². The number of aryl methyl sites for hydroxylation is 1. The minimum absolute atomic E-state index is 0.133. The van der Waals surface area contributed by atoms with Crippen LogP contribution in [0.1, 0.15) is 11.3 Å². The lowest BCUT2D eigenvalue weighted by Crippen LogP contribution is -2.30. The van der Waals surface area contributed by atoms with Crippen molar-refractivity contribution in [2.45, 2.75) is 13.3 Å². The number of carbonyl (C=O) groups excluding carboxylic acids is 1. The zero-order valence-electron chi connectivity index (χ0n) is 15.1. The van der Waals surface area contributed by atoms with Crippen molar-refractivity contribution in [3.63, 3.8) is 0 Å². The van der Waals surface area contributed by atoms with Gasteiger partial charge >= 0.3 is 6.03 Å². The van der Waals surface area contributed by atoms with Crippen molar-refractivity contribution in [3.05, 3.63) is 64.9 Å². The maximum atomic E-state index is 13.6. The molecule has 0 fully saturated rings. The van der Waals surface area contributed by atoms with Gasteiger partial charge in [-0.1, -0.05) is 29.8 Å². The Morgan fingerprint density at radius 1 is 1.22 bits per heavy atom. The summed E-state index contributed by atoms with van der Waals surface area (Å²) in [4.78, 5) is 16.5. The van der Waals surface area contributed by atoms with Crippen LogP contribution in [-0.4, -0.2) is 24.7 Å². The van der Waals surface area contributed by atoms with Gasteiger partial charge in [-0.25, -0.2) is 14.2 Å².